The molecule has 6 nitrogen and oxygen atoms in total. The lowest BCUT2D eigenvalue weighted by molar-refractivity contribution is 0.382. The number of aromatic nitrogens is 2. The highest BCUT2D eigenvalue weighted by molar-refractivity contribution is 7.89. The molecule has 22 heavy (non-hydrogen) atoms. The fraction of sp³-hybridized carbons (Fsp3) is 0.286. The maximum atomic E-state index is 13.9. The van der Waals surface area contributed by atoms with E-state index in [0.29, 0.717) is 23.2 Å². The second-order valence-electron chi connectivity index (χ2n) is 5.18. The van der Waals surface area contributed by atoms with Gasteiger partial charge >= 0.3 is 0 Å². The number of hydrogen-bond donors (Lipinski definition) is 1. The number of nitrogens with zero attached hydrogens (tertiary/aromatic N) is 2. The van der Waals surface area contributed by atoms with E-state index >= 15 is 0 Å². The Bertz CT molecular complexity index is 892. The molecule has 1 N–H and O–H groups in total. The van der Waals surface area contributed by atoms with E-state index < -0.39 is 15.8 Å². The molecule has 1 aromatic heterocycles. The predicted molar refractivity (Wildman–Crippen MR) is 77.3 cm³/mol. The number of rotatable bonds is 2. The molecule has 0 atom stereocenters. The summed E-state index contributed by atoms with van der Waals surface area (Å²) in [7, 11) is -4.00. The van der Waals surface area contributed by atoms with Crippen LogP contribution in [0.1, 0.15) is 16.8 Å². The van der Waals surface area contributed by atoms with Crippen molar-refractivity contribution in [3.63, 3.8) is 0 Å². The van der Waals surface area contributed by atoms with Gasteiger partial charge in [-0.1, -0.05) is 6.07 Å². The summed E-state index contributed by atoms with van der Waals surface area (Å²) >= 11 is 0. The van der Waals surface area contributed by atoms with Crippen molar-refractivity contribution < 1.29 is 12.8 Å². The average Bonchev–Trinajstić information content (AvgIpc) is 2.49. The van der Waals surface area contributed by atoms with Gasteiger partial charge < -0.3 is 4.98 Å². The number of fused-ring (bicyclic) bond motifs is 1. The van der Waals surface area contributed by atoms with Crippen LogP contribution in [-0.4, -0.2) is 29.2 Å². The first-order valence-electron chi connectivity index (χ1n) is 6.71. The van der Waals surface area contributed by atoms with E-state index in [4.69, 9.17) is 0 Å². The van der Waals surface area contributed by atoms with Crippen LogP contribution in [0, 0.1) is 12.7 Å². The second kappa shape index (κ2) is 5.29. The first kappa shape index (κ1) is 14.9. The van der Waals surface area contributed by atoms with Gasteiger partial charge in [-0.3, -0.25) is 4.79 Å². The van der Waals surface area contributed by atoms with E-state index in [0.717, 1.165) is 10.4 Å². The Morgan fingerprint density at radius 1 is 1.36 bits per heavy atom. The molecule has 2 aromatic rings. The number of nitrogens with one attached hydrogen (secondary N) is 1. The van der Waals surface area contributed by atoms with Gasteiger partial charge in [0.1, 0.15) is 10.7 Å². The lowest BCUT2D eigenvalue weighted by atomic mass is 10.1. The minimum atomic E-state index is -4.00. The summed E-state index contributed by atoms with van der Waals surface area (Å²) in [6.45, 7) is 1.76. The highest BCUT2D eigenvalue weighted by Crippen LogP contribution is 2.24. The van der Waals surface area contributed by atoms with Crippen LogP contribution in [0.25, 0.3) is 0 Å². The van der Waals surface area contributed by atoms with Gasteiger partial charge in [0.2, 0.25) is 10.0 Å². The van der Waals surface area contributed by atoms with Crippen LogP contribution in [0.2, 0.25) is 0 Å². The topological polar surface area (TPSA) is 83.1 Å². The van der Waals surface area contributed by atoms with Crippen LogP contribution >= 0.6 is 0 Å². The molecular formula is C14H14FN3O3S. The Kier molecular flexibility index (Phi) is 3.57. The minimum absolute atomic E-state index is 0.103. The summed E-state index contributed by atoms with van der Waals surface area (Å²) in [6.07, 6.45) is 1.62. The van der Waals surface area contributed by atoms with Gasteiger partial charge in [0.05, 0.1) is 17.6 Å². The third-order valence-electron chi connectivity index (χ3n) is 3.68. The van der Waals surface area contributed by atoms with E-state index in [1.165, 1.54) is 18.5 Å². The van der Waals surface area contributed by atoms with Gasteiger partial charge in [-0.2, -0.15) is 4.31 Å². The molecule has 0 saturated carbocycles. The molecule has 8 heteroatoms. The number of H-pyrrole nitrogens is 1. The van der Waals surface area contributed by atoms with Crippen LogP contribution in [0.15, 0.2) is 34.2 Å². The molecule has 1 aromatic carbocycles. The Labute approximate surface area is 126 Å². The highest BCUT2D eigenvalue weighted by atomic mass is 32.2. The van der Waals surface area contributed by atoms with E-state index in [1.54, 1.807) is 6.92 Å². The summed E-state index contributed by atoms with van der Waals surface area (Å²) in [6, 6.07) is 3.94. The van der Waals surface area contributed by atoms with Crippen molar-refractivity contribution in [2.75, 3.05) is 6.54 Å². The summed E-state index contributed by atoms with van der Waals surface area (Å²) in [5.41, 5.74) is 1.18. The van der Waals surface area contributed by atoms with Crippen LogP contribution < -0.4 is 5.56 Å². The summed E-state index contributed by atoms with van der Waals surface area (Å²) in [5, 5.41) is 0. The molecule has 1 aliphatic rings. The normalized spacial score (nSPS) is 15.5. The second-order valence-corrected chi connectivity index (χ2v) is 7.09. The third-order valence-corrected chi connectivity index (χ3v) is 5.54. The Morgan fingerprint density at radius 2 is 2.14 bits per heavy atom. The summed E-state index contributed by atoms with van der Waals surface area (Å²) < 4.78 is 40.3. The van der Waals surface area contributed by atoms with Gasteiger partial charge in [0.15, 0.2) is 0 Å². The molecule has 0 aliphatic carbocycles. The molecule has 0 radical (unpaired) electrons. The molecule has 0 spiro atoms. The average molecular weight is 323 g/mol. The Morgan fingerprint density at radius 3 is 2.91 bits per heavy atom. The number of aromatic amines is 1. The fourth-order valence-corrected chi connectivity index (χ4v) is 4.04. The standard InChI is InChI=1S/C14H14FN3O3S/c1-9-2-3-11(15)13(6-9)22(20,21)18-5-4-12-10(7-18)14(19)17-8-16-12/h2-3,6,8H,4-5,7H2,1H3,(H,16,17,19). The van der Waals surface area contributed by atoms with E-state index in [1.807, 2.05) is 0 Å². The monoisotopic (exact) mass is 323 g/mol. The van der Waals surface area contributed by atoms with Crippen molar-refractivity contribution in [3.05, 3.63) is 57.5 Å². The van der Waals surface area contributed by atoms with Gasteiger partial charge in [-0.15, -0.1) is 0 Å². The van der Waals surface area contributed by atoms with Crippen LogP contribution in [0.5, 0.6) is 0 Å². The minimum Gasteiger partial charge on any atom is -0.313 e. The van der Waals surface area contributed by atoms with Gasteiger partial charge in [0, 0.05) is 19.5 Å². The van der Waals surface area contributed by atoms with E-state index in [2.05, 4.69) is 9.97 Å². The first-order chi connectivity index (χ1) is 10.4. The molecule has 3 rings (SSSR count). The fourth-order valence-electron chi connectivity index (χ4n) is 2.48. The molecule has 0 unspecified atom stereocenters. The van der Waals surface area contributed by atoms with Crippen molar-refractivity contribution in [2.45, 2.75) is 24.8 Å². The van der Waals surface area contributed by atoms with E-state index in [9.17, 15) is 17.6 Å². The molecular weight excluding hydrogens is 309 g/mol. The molecule has 1 aliphatic heterocycles. The van der Waals surface area contributed by atoms with Gasteiger partial charge in [-0.05, 0) is 24.6 Å². The Hall–Kier alpha value is -2.06. The van der Waals surface area contributed by atoms with E-state index in [-0.39, 0.29) is 23.5 Å². The molecule has 0 fully saturated rings. The molecule has 0 saturated heterocycles. The summed E-state index contributed by atoms with van der Waals surface area (Å²) in [4.78, 5) is 17.9. The molecule has 0 amide bonds. The first-order valence-corrected chi connectivity index (χ1v) is 8.15. The SMILES string of the molecule is Cc1ccc(F)c(S(=O)(=O)N2CCc3nc[nH]c(=O)c3C2)c1. The number of halogens is 1. The van der Waals surface area contributed by atoms with Crippen LogP contribution in [-0.2, 0) is 23.0 Å². The molecule has 0 bridgehead atoms. The third kappa shape index (κ3) is 2.44. The maximum Gasteiger partial charge on any atom is 0.255 e. The zero-order valence-electron chi connectivity index (χ0n) is 11.8. The molecule has 116 valence electrons. The smallest absolute Gasteiger partial charge is 0.255 e. The lowest BCUT2D eigenvalue weighted by Gasteiger charge is -2.26. The quantitative estimate of drug-likeness (QED) is 0.892. The van der Waals surface area contributed by atoms with Crippen molar-refractivity contribution >= 4 is 10.0 Å². The summed E-state index contributed by atoms with van der Waals surface area (Å²) in [5.74, 6) is -0.795. The number of aryl methyl sites for hydroxylation is 1. The largest absolute Gasteiger partial charge is 0.313 e. The number of sulfonamides is 1. The maximum absolute atomic E-state index is 13.9. The zero-order chi connectivity index (χ0) is 15.9. The predicted octanol–water partition coefficient (Wildman–Crippen LogP) is 0.964. The van der Waals surface area contributed by atoms with Crippen molar-refractivity contribution in [1.82, 2.24) is 14.3 Å². The van der Waals surface area contributed by atoms with Crippen molar-refractivity contribution in [1.29, 1.82) is 0 Å². The lowest BCUT2D eigenvalue weighted by Crippen LogP contribution is -2.39. The number of hydrogen-bond acceptors (Lipinski definition) is 4. The number of benzene rings is 1. The zero-order valence-corrected chi connectivity index (χ0v) is 12.7. The van der Waals surface area contributed by atoms with Crippen molar-refractivity contribution in [2.24, 2.45) is 0 Å². The molecule has 2 heterocycles. The van der Waals surface area contributed by atoms with Crippen LogP contribution in [0.4, 0.5) is 4.39 Å². The van der Waals surface area contributed by atoms with Crippen LogP contribution in [0.3, 0.4) is 0 Å². The highest BCUT2D eigenvalue weighted by Gasteiger charge is 2.32. The van der Waals surface area contributed by atoms with Crippen molar-refractivity contribution in [3.8, 4) is 0 Å². The van der Waals surface area contributed by atoms with Gasteiger partial charge in [0.25, 0.3) is 5.56 Å². The van der Waals surface area contributed by atoms with Gasteiger partial charge in [-0.25, -0.2) is 17.8 Å². The Balaban J connectivity index is 2.03.